The molecule has 0 aromatic carbocycles. The van der Waals surface area contributed by atoms with Crippen molar-refractivity contribution in [2.45, 2.75) is 38.7 Å². The predicted octanol–water partition coefficient (Wildman–Crippen LogP) is 1.19. The monoisotopic (exact) mass is 253 g/mol. The molecule has 5 atom stereocenters. The van der Waals surface area contributed by atoms with Gasteiger partial charge >= 0.3 is 5.97 Å². The highest BCUT2D eigenvalue weighted by Gasteiger charge is 2.59. The van der Waals surface area contributed by atoms with Gasteiger partial charge in [-0.2, -0.15) is 0 Å². The van der Waals surface area contributed by atoms with Crippen molar-refractivity contribution in [1.29, 1.82) is 0 Å². The van der Waals surface area contributed by atoms with E-state index in [4.69, 9.17) is 5.11 Å². The van der Waals surface area contributed by atoms with Crippen LogP contribution in [0.3, 0.4) is 0 Å². The van der Waals surface area contributed by atoms with E-state index in [1.165, 1.54) is 26.2 Å². The fraction of sp³-hybridized carbons (Fsp3) is 0.929. The van der Waals surface area contributed by atoms with Crippen LogP contribution in [0.2, 0.25) is 0 Å². The number of carbonyl (C=O) groups is 1. The van der Waals surface area contributed by atoms with E-state index in [1.54, 1.807) is 0 Å². The number of aliphatic carboxylic acids is 1. The van der Waals surface area contributed by atoms with E-state index >= 15 is 0 Å². The fourth-order valence-electron chi connectivity index (χ4n) is 4.87. The van der Waals surface area contributed by atoms with E-state index < -0.39 is 11.6 Å². The molecule has 1 unspecified atom stereocenters. The van der Waals surface area contributed by atoms with Crippen molar-refractivity contribution in [2.75, 3.05) is 19.6 Å². The Morgan fingerprint density at radius 1 is 1.50 bits per heavy atom. The van der Waals surface area contributed by atoms with Crippen molar-refractivity contribution in [3.63, 3.8) is 0 Å². The van der Waals surface area contributed by atoms with Gasteiger partial charge in [-0.3, -0.25) is 4.90 Å². The highest BCUT2D eigenvalue weighted by atomic mass is 16.4. The van der Waals surface area contributed by atoms with Gasteiger partial charge in [0.25, 0.3) is 0 Å². The van der Waals surface area contributed by atoms with Crippen molar-refractivity contribution in [3.8, 4) is 0 Å². The number of hydrogen-bond acceptors (Lipinski definition) is 3. The third kappa shape index (κ3) is 1.62. The Morgan fingerprint density at radius 2 is 2.22 bits per heavy atom. The molecule has 1 saturated heterocycles. The van der Waals surface area contributed by atoms with Gasteiger partial charge in [0.2, 0.25) is 0 Å². The van der Waals surface area contributed by atoms with E-state index in [9.17, 15) is 9.90 Å². The summed E-state index contributed by atoms with van der Waals surface area (Å²) in [6.45, 7) is 5.97. The molecule has 102 valence electrons. The largest absolute Gasteiger partial charge is 0.479 e. The molecule has 0 aromatic rings. The standard InChI is InChI=1S/C14H23NO3/c1-13-7-15(8-14(2,18)12(16)17)6-11(13)9-3-4-10(13)5-9/h9-11,18H,3-8H2,1-2H3,(H,16,17)/t9-,10+,11-,13+,14?/m1/s1. The molecule has 2 N–H and O–H groups in total. The summed E-state index contributed by atoms with van der Waals surface area (Å²) in [5.74, 6) is 1.28. The number of fused-ring (bicyclic) bond motifs is 5. The molecule has 3 rings (SSSR count). The summed E-state index contributed by atoms with van der Waals surface area (Å²) in [6.07, 6.45) is 4.08. The number of carboxylic acid groups (broad SMARTS) is 1. The minimum atomic E-state index is -1.62. The summed E-state index contributed by atoms with van der Waals surface area (Å²) >= 11 is 0. The molecule has 3 aliphatic rings. The van der Waals surface area contributed by atoms with Gasteiger partial charge in [-0.15, -0.1) is 0 Å². The van der Waals surface area contributed by atoms with Crippen LogP contribution in [0.5, 0.6) is 0 Å². The Morgan fingerprint density at radius 3 is 2.83 bits per heavy atom. The molecule has 3 fully saturated rings. The third-order valence-electron chi connectivity index (χ3n) is 5.83. The van der Waals surface area contributed by atoms with Gasteiger partial charge < -0.3 is 10.2 Å². The van der Waals surface area contributed by atoms with Gasteiger partial charge in [0.05, 0.1) is 0 Å². The zero-order valence-electron chi connectivity index (χ0n) is 11.2. The molecule has 18 heavy (non-hydrogen) atoms. The van der Waals surface area contributed by atoms with Crippen molar-refractivity contribution < 1.29 is 15.0 Å². The molecule has 1 heterocycles. The summed E-state index contributed by atoms with van der Waals surface area (Å²) in [6, 6.07) is 0. The number of rotatable bonds is 3. The third-order valence-corrected chi connectivity index (χ3v) is 5.83. The van der Waals surface area contributed by atoms with Crippen LogP contribution in [-0.4, -0.2) is 46.3 Å². The van der Waals surface area contributed by atoms with Gasteiger partial charge in [-0.25, -0.2) is 4.79 Å². The quantitative estimate of drug-likeness (QED) is 0.793. The molecular weight excluding hydrogens is 230 g/mol. The maximum Gasteiger partial charge on any atom is 0.336 e. The lowest BCUT2D eigenvalue weighted by Crippen LogP contribution is -2.46. The van der Waals surface area contributed by atoms with E-state index in [-0.39, 0.29) is 6.54 Å². The second kappa shape index (κ2) is 3.70. The fourth-order valence-corrected chi connectivity index (χ4v) is 4.87. The van der Waals surface area contributed by atoms with Crippen molar-refractivity contribution >= 4 is 5.97 Å². The van der Waals surface area contributed by atoms with Gasteiger partial charge in [0, 0.05) is 19.6 Å². The Kier molecular flexibility index (Phi) is 2.55. The van der Waals surface area contributed by atoms with Crippen LogP contribution >= 0.6 is 0 Å². The predicted molar refractivity (Wildman–Crippen MR) is 67.1 cm³/mol. The summed E-state index contributed by atoms with van der Waals surface area (Å²) < 4.78 is 0. The van der Waals surface area contributed by atoms with Crippen LogP contribution in [0.4, 0.5) is 0 Å². The molecule has 0 radical (unpaired) electrons. The molecule has 2 saturated carbocycles. The molecule has 4 nitrogen and oxygen atoms in total. The van der Waals surface area contributed by atoms with Crippen LogP contribution in [0.25, 0.3) is 0 Å². The lowest BCUT2D eigenvalue weighted by atomic mass is 9.70. The summed E-state index contributed by atoms with van der Waals surface area (Å²) in [5, 5.41) is 18.9. The van der Waals surface area contributed by atoms with Gasteiger partial charge in [-0.05, 0) is 49.4 Å². The van der Waals surface area contributed by atoms with Crippen LogP contribution in [0, 0.1) is 23.2 Å². The summed E-state index contributed by atoms with van der Waals surface area (Å²) in [7, 11) is 0. The molecular formula is C14H23NO3. The van der Waals surface area contributed by atoms with Gasteiger partial charge in [0.1, 0.15) is 0 Å². The SMILES string of the molecule is CC(O)(CN1C[C@@H]2[C@@H]3CC[C@@H](C3)[C@]2(C)C1)C(=O)O. The van der Waals surface area contributed by atoms with Crippen molar-refractivity contribution in [3.05, 3.63) is 0 Å². The number of nitrogens with zero attached hydrogens (tertiary/aromatic N) is 1. The average Bonchev–Trinajstić information content (AvgIpc) is 2.87. The molecule has 2 bridgehead atoms. The van der Waals surface area contributed by atoms with E-state index in [1.807, 2.05) is 0 Å². The first kappa shape index (κ1) is 12.4. The van der Waals surface area contributed by atoms with Crippen molar-refractivity contribution in [1.82, 2.24) is 4.90 Å². The molecule has 0 aromatic heterocycles. The van der Waals surface area contributed by atoms with Crippen LogP contribution in [-0.2, 0) is 4.79 Å². The van der Waals surface area contributed by atoms with Crippen molar-refractivity contribution in [2.24, 2.45) is 23.2 Å². The number of β-amino-alcohol motifs (C(OH)–C–C–N with tert-alkyl or cyclic N) is 1. The first-order chi connectivity index (χ1) is 8.33. The van der Waals surface area contributed by atoms with Crippen LogP contribution in [0.15, 0.2) is 0 Å². The Balaban J connectivity index is 1.71. The molecule has 0 amide bonds. The Hall–Kier alpha value is -0.610. The normalized spacial score (nSPS) is 46.1. The maximum absolute atomic E-state index is 11.0. The summed E-state index contributed by atoms with van der Waals surface area (Å²) in [5.41, 5.74) is -1.24. The zero-order chi connectivity index (χ0) is 13.1. The lowest BCUT2D eigenvalue weighted by molar-refractivity contribution is -0.158. The molecule has 4 heteroatoms. The summed E-state index contributed by atoms with van der Waals surface area (Å²) in [4.78, 5) is 13.2. The molecule has 0 spiro atoms. The Bertz CT molecular complexity index is 381. The topological polar surface area (TPSA) is 60.8 Å². The smallest absolute Gasteiger partial charge is 0.336 e. The van der Waals surface area contributed by atoms with Crippen LogP contribution in [0.1, 0.15) is 33.1 Å². The number of hydrogen-bond donors (Lipinski definition) is 2. The number of likely N-dealkylation sites (tertiary alicyclic amines) is 1. The second-order valence-corrected chi connectivity index (χ2v) is 7.13. The number of carboxylic acids is 1. The maximum atomic E-state index is 11.0. The van der Waals surface area contributed by atoms with E-state index in [0.29, 0.717) is 5.41 Å². The minimum Gasteiger partial charge on any atom is -0.479 e. The minimum absolute atomic E-state index is 0.258. The van der Waals surface area contributed by atoms with E-state index in [0.717, 1.165) is 30.8 Å². The van der Waals surface area contributed by atoms with E-state index in [2.05, 4.69) is 11.8 Å². The Labute approximate surface area is 108 Å². The lowest BCUT2D eigenvalue weighted by Gasteiger charge is -2.35. The molecule has 2 aliphatic carbocycles. The number of aliphatic hydroxyl groups is 1. The zero-order valence-corrected chi connectivity index (χ0v) is 11.2. The van der Waals surface area contributed by atoms with Crippen LogP contribution < -0.4 is 0 Å². The average molecular weight is 253 g/mol. The molecule has 1 aliphatic heterocycles. The first-order valence-electron chi connectivity index (χ1n) is 7.01. The highest BCUT2D eigenvalue weighted by Crippen LogP contribution is 2.62. The van der Waals surface area contributed by atoms with Gasteiger partial charge in [0.15, 0.2) is 5.60 Å². The first-order valence-corrected chi connectivity index (χ1v) is 7.01. The second-order valence-electron chi connectivity index (χ2n) is 7.13. The highest BCUT2D eigenvalue weighted by molar-refractivity contribution is 5.76. The van der Waals surface area contributed by atoms with Gasteiger partial charge in [-0.1, -0.05) is 6.92 Å².